The molecule has 1 N–H and O–H groups in total. The van der Waals surface area contributed by atoms with Crippen LogP contribution in [0.15, 0.2) is 89.8 Å². The molecule has 0 spiro atoms. The molecule has 172 valence electrons. The van der Waals surface area contributed by atoms with Gasteiger partial charge in [0.05, 0.1) is 24.2 Å². The Bertz CT molecular complexity index is 1100. The molecule has 3 aromatic rings. The highest BCUT2D eigenvalue weighted by Gasteiger charge is 2.26. The Hall–Kier alpha value is -3.00. The van der Waals surface area contributed by atoms with Gasteiger partial charge in [-0.2, -0.15) is 4.31 Å². The van der Waals surface area contributed by atoms with Crippen molar-refractivity contribution < 1.29 is 17.9 Å². The van der Waals surface area contributed by atoms with Crippen LogP contribution in [-0.2, 0) is 26.0 Å². The number of nitrogens with one attached hydrogen (secondary N) is 1. The molecule has 6 nitrogen and oxygen atoms in total. The van der Waals surface area contributed by atoms with Crippen LogP contribution in [0.3, 0.4) is 0 Å². The first-order chi connectivity index (χ1) is 16.0. The fraction of sp³-hybridized carbons (Fsp3) is 0.269. The lowest BCUT2D eigenvalue weighted by Crippen LogP contribution is -2.40. The van der Waals surface area contributed by atoms with Gasteiger partial charge in [0, 0.05) is 19.5 Å². The lowest BCUT2D eigenvalue weighted by molar-refractivity contribution is -0.121. The van der Waals surface area contributed by atoms with E-state index in [1.165, 1.54) is 4.31 Å². The smallest absolute Gasteiger partial charge is 0.243 e. The zero-order valence-electron chi connectivity index (χ0n) is 18.4. The van der Waals surface area contributed by atoms with Crippen molar-refractivity contribution in [3.8, 4) is 0 Å². The van der Waals surface area contributed by atoms with Crippen LogP contribution in [0.2, 0.25) is 0 Å². The van der Waals surface area contributed by atoms with Crippen LogP contribution in [0.25, 0.3) is 0 Å². The van der Waals surface area contributed by atoms with Crippen molar-refractivity contribution >= 4 is 15.9 Å². The minimum Gasteiger partial charge on any atom is -0.379 e. The number of carbonyl (C=O) groups is 1. The van der Waals surface area contributed by atoms with Crippen molar-refractivity contribution in [2.24, 2.45) is 0 Å². The van der Waals surface area contributed by atoms with Gasteiger partial charge in [0.2, 0.25) is 15.9 Å². The Balaban J connectivity index is 1.39. The Labute approximate surface area is 195 Å². The van der Waals surface area contributed by atoms with Crippen LogP contribution in [0, 0.1) is 0 Å². The zero-order chi connectivity index (χ0) is 23.1. The molecule has 3 aromatic carbocycles. The number of ether oxygens (including phenoxy) is 1. The molecule has 1 saturated heterocycles. The van der Waals surface area contributed by atoms with Crippen molar-refractivity contribution in [2.45, 2.75) is 23.8 Å². The molecule has 0 unspecified atom stereocenters. The lowest BCUT2D eigenvalue weighted by atomic mass is 9.98. The van der Waals surface area contributed by atoms with E-state index in [0.29, 0.717) is 39.1 Å². The van der Waals surface area contributed by atoms with Gasteiger partial charge in [-0.25, -0.2) is 8.42 Å². The summed E-state index contributed by atoms with van der Waals surface area (Å²) in [5.74, 6) is -0.0577. The summed E-state index contributed by atoms with van der Waals surface area (Å²) in [4.78, 5) is 13.0. The number of hydrogen-bond donors (Lipinski definition) is 1. The van der Waals surface area contributed by atoms with Crippen molar-refractivity contribution in [3.63, 3.8) is 0 Å². The van der Waals surface area contributed by atoms with Gasteiger partial charge in [-0.15, -0.1) is 0 Å². The lowest BCUT2D eigenvalue weighted by Gasteiger charge is -2.26. The van der Waals surface area contributed by atoms with E-state index in [1.54, 1.807) is 24.3 Å². The minimum absolute atomic E-state index is 0.0577. The van der Waals surface area contributed by atoms with Gasteiger partial charge in [-0.3, -0.25) is 4.79 Å². The van der Waals surface area contributed by atoms with E-state index in [0.717, 1.165) is 16.7 Å². The van der Waals surface area contributed by atoms with Crippen molar-refractivity contribution in [1.82, 2.24) is 9.62 Å². The topological polar surface area (TPSA) is 75.7 Å². The fourth-order valence-electron chi connectivity index (χ4n) is 3.91. The first-order valence-electron chi connectivity index (χ1n) is 11.1. The average Bonchev–Trinajstić information content (AvgIpc) is 2.88. The van der Waals surface area contributed by atoms with Gasteiger partial charge in [-0.05, 0) is 35.2 Å². The third kappa shape index (κ3) is 5.87. The minimum atomic E-state index is -3.51. The number of amides is 1. The van der Waals surface area contributed by atoms with Crippen LogP contribution in [0.5, 0.6) is 0 Å². The van der Waals surface area contributed by atoms with Gasteiger partial charge in [0.1, 0.15) is 0 Å². The molecular weight excluding hydrogens is 436 g/mol. The van der Waals surface area contributed by atoms with Crippen molar-refractivity contribution in [2.75, 3.05) is 26.3 Å². The summed E-state index contributed by atoms with van der Waals surface area (Å²) in [5.41, 5.74) is 2.96. The van der Waals surface area contributed by atoms with E-state index < -0.39 is 10.0 Å². The molecule has 0 aromatic heterocycles. The van der Waals surface area contributed by atoms with Crippen LogP contribution >= 0.6 is 0 Å². The quantitative estimate of drug-likeness (QED) is 0.553. The predicted molar refractivity (Wildman–Crippen MR) is 127 cm³/mol. The number of hydrogen-bond acceptors (Lipinski definition) is 4. The monoisotopic (exact) mass is 464 g/mol. The fourth-order valence-corrected chi connectivity index (χ4v) is 5.31. The standard InChI is InChI=1S/C26H28N2O4S/c29-25(27-26(22-7-3-1-4-8-22)23-9-5-2-6-10-23)16-13-21-11-14-24(15-12-21)33(30,31)28-17-19-32-20-18-28/h1-12,14-15,26H,13,16-20H2,(H,27,29). The highest BCUT2D eigenvalue weighted by Crippen LogP contribution is 2.22. The molecule has 0 bridgehead atoms. The molecule has 4 rings (SSSR count). The summed E-state index contributed by atoms with van der Waals surface area (Å²) in [6, 6.07) is 26.4. The van der Waals surface area contributed by atoms with Crippen molar-refractivity contribution in [3.05, 3.63) is 102 Å². The molecule has 0 atom stereocenters. The maximum absolute atomic E-state index is 12.8. The number of sulfonamides is 1. The molecule has 1 aliphatic heterocycles. The van der Waals surface area contributed by atoms with E-state index in [2.05, 4.69) is 5.32 Å². The summed E-state index contributed by atoms with van der Waals surface area (Å²) in [5, 5.41) is 3.15. The number of benzene rings is 3. The molecule has 33 heavy (non-hydrogen) atoms. The Morgan fingerprint density at radius 2 is 1.39 bits per heavy atom. The summed E-state index contributed by atoms with van der Waals surface area (Å²) in [6.45, 7) is 1.57. The molecular formula is C26H28N2O4S. The second kappa shape index (κ2) is 10.7. The molecule has 1 heterocycles. The van der Waals surface area contributed by atoms with E-state index in [1.807, 2.05) is 60.7 Å². The van der Waals surface area contributed by atoms with E-state index >= 15 is 0 Å². The highest BCUT2D eigenvalue weighted by atomic mass is 32.2. The zero-order valence-corrected chi connectivity index (χ0v) is 19.2. The van der Waals surface area contributed by atoms with Gasteiger partial charge >= 0.3 is 0 Å². The third-order valence-corrected chi connectivity index (χ3v) is 7.66. The normalized spacial score (nSPS) is 14.8. The Morgan fingerprint density at radius 1 is 0.848 bits per heavy atom. The molecule has 0 aliphatic carbocycles. The van der Waals surface area contributed by atoms with Gasteiger partial charge < -0.3 is 10.1 Å². The van der Waals surface area contributed by atoms with E-state index in [-0.39, 0.29) is 16.8 Å². The molecule has 0 radical (unpaired) electrons. The first kappa shape index (κ1) is 23.2. The molecule has 1 fully saturated rings. The summed E-state index contributed by atoms with van der Waals surface area (Å²) >= 11 is 0. The first-order valence-corrected chi connectivity index (χ1v) is 12.5. The number of carbonyl (C=O) groups excluding carboxylic acids is 1. The maximum atomic E-state index is 12.8. The summed E-state index contributed by atoms with van der Waals surface area (Å²) in [7, 11) is -3.51. The summed E-state index contributed by atoms with van der Waals surface area (Å²) in [6.07, 6.45) is 0.839. The molecule has 0 saturated carbocycles. The highest BCUT2D eigenvalue weighted by molar-refractivity contribution is 7.89. The van der Waals surface area contributed by atoms with Crippen LogP contribution < -0.4 is 5.32 Å². The number of morpholine rings is 1. The maximum Gasteiger partial charge on any atom is 0.243 e. The SMILES string of the molecule is O=C(CCc1ccc(S(=O)(=O)N2CCOCC2)cc1)NC(c1ccccc1)c1ccccc1. The van der Waals surface area contributed by atoms with E-state index in [4.69, 9.17) is 4.74 Å². The van der Waals surface area contributed by atoms with Crippen LogP contribution in [0.4, 0.5) is 0 Å². The van der Waals surface area contributed by atoms with Gasteiger partial charge in [0.15, 0.2) is 0 Å². The third-order valence-electron chi connectivity index (χ3n) is 5.74. The molecule has 1 aliphatic rings. The largest absolute Gasteiger partial charge is 0.379 e. The second-order valence-corrected chi connectivity index (χ2v) is 9.92. The van der Waals surface area contributed by atoms with Crippen molar-refractivity contribution in [1.29, 1.82) is 0 Å². The van der Waals surface area contributed by atoms with Gasteiger partial charge in [-0.1, -0.05) is 72.8 Å². The Kier molecular flexibility index (Phi) is 7.54. The molecule has 7 heteroatoms. The number of nitrogens with zero attached hydrogens (tertiary/aromatic N) is 1. The van der Waals surface area contributed by atoms with E-state index in [9.17, 15) is 13.2 Å². The van der Waals surface area contributed by atoms with Gasteiger partial charge in [0.25, 0.3) is 0 Å². The summed E-state index contributed by atoms with van der Waals surface area (Å²) < 4.78 is 32.2. The molecule has 1 amide bonds. The average molecular weight is 465 g/mol. The Morgan fingerprint density at radius 3 is 1.94 bits per heavy atom. The van der Waals surface area contributed by atoms with Crippen LogP contribution in [0.1, 0.15) is 29.2 Å². The second-order valence-electron chi connectivity index (χ2n) is 7.98. The number of aryl methyl sites for hydroxylation is 1. The van der Waals surface area contributed by atoms with Crippen LogP contribution in [-0.4, -0.2) is 44.9 Å². The number of rotatable bonds is 8. The predicted octanol–water partition coefficient (Wildman–Crippen LogP) is 3.55.